The zero-order valence-electron chi connectivity index (χ0n) is 13.2. The molecule has 2 aromatic heterocycles. The average Bonchev–Trinajstić information content (AvgIpc) is 2.99. The van der Waals surface area contributed by atoms with Gasteiger partial charge in [0.05, 0.1) is 0 Å². The van der Waals surface area contributed by atoms with Crippen molar-refractivity contribution >= 4 is 11.8 Å². The Morgan fingerprint density at radius 2 is 2.00 bits per heavy atom. The Morgan fingerprint density at radius 3 is 2.83 bits per heavy atom. The minimum absolute atomic E-state index is 0.0234. The monoisotopic (exact) mass is 322 g/mol. The molecule has 116 valence electrons. The lowest BCUT2D eigenvalue weighted by atomic mass is 9.87. The van der Waals surface area contributed by atoms with Gasteiger partial charge in [-0.2, -0.15) is 0 Å². The lowest BCUT2D eigenvalue weighted by Gasteiger charge is -2.34. The van der Waals surface area contributed by atoms with Crippen LogP contribution in [-0.2, 0) is 17.7 Å². The van der Waals surface area contributed by atoms with Crippen molar-refractivity contribution in [3.63, 3.8) is 0 Å². The molecule has 0 N–H and O–H groups in total. The molecule has 3 aromatic rings. The van der Waals surface area contributed by atoms with Gasteiger partial charge in [-0.05, 0) is 37.5 Å². The molecule has 0 radical (unpaired) electrons. The Kier molecular flexibility index (Phi) is 3.45. The third-order valence-electron chi connectivity index (χ3n) is 4.21. The molecule has 1 aliphatic heterocycles. The molecule has 0 atom stereocenters. The van der Waals surface area contributed by atoms with E-state index in [9.17, 15) is 0 Å². The summed E-state index contributed by atoms with van der Waals surface area (Å²) in [4.78, 5) is 4.17. The lowest BCUT2D eigenvalue weighted by Crippen LogP contribution is -2.33. The van der Waals surface area contributed by atoms with Gasteiger partial charge in [0.15, 0.2) is 11.0 Å². The zero-order chi connectivity index (χ0) is 15.9. The van der Waals surface area contributed by atoms with Crippen LogP contribution < -0.4 is 0 Å². The molecule has 0 bridgehead atoms. The Bertz CT molecular complexity index is 839. The van der Waals surface area contributed by atoms with Crippen molar-refractivity contribution in [2.75, 3.05) is 0 Å². The van der Waals surface area contributed by atoms with E-state index in [-0.39, 0.29) is 5.54 Å². The van der Waals surface area contributed by atoms with E-state index < -0.39 is 0 Å². The molecule has 4 rings (SSSR count). The molecule has 1 aliphatic rings. The van der Waals surface area contributed by atoms with Crippen molar-refractivity contribution in [1.29, 1.82) is 0 Å². The maximum Gasteiger partial charge on any atom is 0.192 e. The maximum absolute atomic E-state index is 4.48. The highest BCUT2D eigenvalue weighted by Gasteiger charge is 2.34. The molecule has 1 aromatic carbocycles. The van der Waals surface area contributed by atoms with Crippen LogP contribution in [0.15, 0.2) is 53.9 Å². The Hall–Kier alpha value is -2.14. The van der Waals surface area contributed by atoms with Crippen LogP contribution >= 0.6 is 11.8 Å². The predicted octanol–water partition coefficient (Wildman–Crippen LogP) is 3.92. The molecule has 4 nitrogen and oxygen atoms in total. The molecule has 5 heteroatoms. The number of fused-ring (bicyclic) bond motifs is 3. The van der Waals surface area contributed by atoms with Crippen molar-refractivity contribution in [3.8, 4) is 11.4 Å². The molecular weight excluding hydrogens is 304 g/mol. The average molecular weight is 322 g/mol. The van der Waals surface area contributed by atoms with Crippen molar-refractivity contribution in [3.05, 3.63) is 59.9 Å². The first-order valence-corrected chi connectivity index (χ1v) is 8.69. The molecule has 0 aliphatic carbocycles. The van der Waals surface area contributed by atoms with Crippen LogP contribution in [0, 0.1) is 0 Å². The highest BCUT2D eigenvalue weighted by Crippen LogP contribution is 2.39. The van der Waals surface area contributed by atoms with Crippen LogP contribution in [0.4, 0.5) is 0 Å². The molecule has 0 saturated carbocycles. The van der Waals surface area contributed by atoms with Gasteiger partial charge in [-0.1, -0.05) is 42.1 Å². The Labute approximate surface area is 140 Å². The SMILES string of the molecule is CC1(C)Cc2ccccc2-c2nnc(SCc3cccnc3)n21. The van der Waals surface area contributed by atoms with Crippen molar-refractivity contribution in [2.24, 2.45) is 0 Å². The molecule has 0 fully saturated rings. The number of rotatable bonds is 3. The van der Waals surface area contributed by atoms with Gasteiger partial charge in [-0.3, -0.25) is 9.55 Å². The summed E-state index contributed by atoms with van der Waals surface area (Å²) in [5.74, 6) is 1.83. The first kappa shape index (κ1) is 14.5. The van der Waals surface area contributed by atoms with Gasteiger partial charge in [0, 0.05) is 29.2 Å². The standard InChI is InChI=1S/C18H18N4S/c1-18(2)10-14-7-3-4-8-15(14)16-20-21-17(22(16)18)23-12-13-6-5-9-19-11-13/h3-9,11H,10,12H2,1-2H3. The van der Waals surface area contributed by atoms with Crippen LogP contribution in [0.5, 0.6) is 0 Å². The van der Waals surface area contributed by atoms with Crippen molar-refractivity contribution in [1.82, 2.24) is 19.7 Å². The molecule has 3 heterocycles. The second-order valence-corrected chi connectivity index (χ2v) is 7.38. The highest BCUT2D eigenvalue weighted by molar-refractivity contribution is 7.98. The number of benzene rings is 1. The van der Waals surface area contributed by atoms with E-state index in [1.165, 1.54) is 16.7 Å². The van der Waals surface area contributed by atoms with Crippen LogP contribution in [0.2, 0.25) is 0 Å². The van der Waals surface area contributed by atoms with E-state index in [4.69, 9.17) is 0 Å². The first-order chi connectivity index (χ1) is 11.1. The smallest absolute Gasteiger partial charge is 0.192 e. The molecular formula is C18H18N4S. The zero-order valence-corrected chi connectivity index (χ0v) is 14.0. The Balaban J connectivity index is 1.71. The summed E-state index contributed by atoms with van der Waals surface area (Å²) >= 11 is 1.72. The fourth-order valence-electron chi connectivity index (χ4n) is 3.15. The van der Waals surface area contributed by atoms with Gasteiger partial charge in [0.1, 0.15) is 0 Å². The highest BCUT2D eigenvalue weighted by atomic mass is 32.2. The van der Waals surface area contributed by atoms with Gasteiger partial charge in [0.2, 0.25) is 0 Å². The fraction of sp³-hybridized carbons (Fsp3) is 0.278. The summed E-state index contributed by atoms with van der Waals surface area (Å²) in [6.07, 6.45) is 4.70. The fourth-order valence-corrected chi connectivity index (χ4v) is 4.18. The van der Waals surface area contributed by atoms with E-state index in [0.29, 0.717) is 0 Å². The van der Waals surface area contributed by atoms with Crippen LogP contribution in [-0.4, -0.2) is 19.7 Å². The molecule has 0 saturated heterocycles. The third kappa shape index (κ3) is 2.55. The van der Waals surface area contributed by atoms with E-state index in [2.05, 4.69) is 63.9 Å². The van der Waals surface area contributed by atoms with Crippen LogP contribution in [0.3, 0.4) is 0 Å². The molecule has 0 spiro atoms. The van der Waals surface area contributed by atoms with Gasteiger partial charge in [-0.25, -0.2) is 0 Å². The van der Waals surface area contributed by atoms with Gasteiger partial charge in [0.25, 0.3) is 0 Å². The van der Waals surface area contributed by atoms with Gasteiger partial charge < -0.3 is 0 Å². The number of aromatic nitrogens is 4. The largest absolute Gasteiger partial charge is 0.296 e. The lowest BCUT2D eigenvalue weighted by molar-refractivity contribution is 0.323. The number of hydrogen-bond acceptors (Lipinski definition) is 4. The summed E-state index contributed by atoms with van der Waals surface area (Å²) in [6.45, 7) is 4.51. The third-order valence-corrected chi connectivity index (χ3v) is 5.21. The number of pyridine rings is 1. The molecule has 0 unspecified atom stereocenters. The topological polar surface area (TPSA) is 43.6 Å². The first-order valence-electron chi connectivity index (χ1n) is 7.71. The maximum atomic E-state index is 4.48. The minimum atomic E-state index is -0.0234. The van der Waals surface area contributed by atoms with Crippen LogP contribution in [0.25, 0.3) is 11.4 Å². The van der Waals surface area contributed by atoms with Gasteiger partial charge >= 0.3 is 0 Å². The van der Waals surface area contributed by atoms with Gasteiger partial charge in [-0.15, -0.1) is 10.2 Å². The number of hydrogen-bond donors (Lipinski definition) is 0. The summed E-state index contributed by atoms with van der Waals surface area (Å²) in [7, 11) is 0. The van der Waals surface area contributed by atoms with E-state index in [1.54, 1.807) is 18.0 Å². The van der Waals surface area contributed by atoms with Crippen LogP contribution in [0.1, 0.15) is 25.0 Å². The second kappa shape index (κ2) is 5.49. The number of nitrogens with zero attached hydrogens (tertiary/aromatic N) is 4. The van der Waals surface area contributed by atoms with Crippen molar-refractivity contribution in [2.45, 2.75) is 36.7 Å². The second-order valence-electron chi connectivity index (χ2n) is 6.44. The van der Waals surface area contributed by atoms with E-state index >= 15 is 0 Å². The normalized spacial score (nSPS) is 15.0. The minimum Gasteiger partial charge on any atom is -0.296 e. The molecule has 23 heavy (non-hydrogen) atoms. The van der Waals surface area contributed by atoms with Crippen molar-refractivity contribution < 1.29 is 0 Å². The molecule has 0 amide bonds. The predicted molar refractivity (Wildman–Crippen MR) is 92.3 cm³/mol. The summed E-state index contributed by atoms with van der Waals surface area (Å²) < 4.78 is 2.29. The quantitative estimate of drug-likeness (QED) is 0.686. The summed E-state index contributed by atoms with van der Waals surface area (Å²) in [5.41, 5.74) is 3.72. The summed E-state index contributed by atoms with van der Waals surface area (Å²) in [5, 5.41) is 9.92. The number of thioether (sulfide) groups is 1. The van der Waals surface area contributed by atoms with E-state index in [1.807, 2.05) is 12.3 Å². The summed E-state index contributed by atoms with van der Waals surface area (Å²) in [6, 6.07) is 12.6. The Morgan fingerprint density at radius 1 is 1.13 bits per heavy atom. The van der Waals surface area contributed by atoms with E-state index in [0.717, 1.165) is 23.2 Å².